The average molecular weight is 584 g/mol. The van der Waals surface area contributed by atoms with Gasteiger partial charge in [0.25, 0.3) is 0 Å². The third kappa shape index (κ3) is 5.91. The fourth-order valence-electron chi connectivity index (χ4n) is 5.90. The van der Waals surface area contributed by atoms with Gasteiger partial charge in [-0.1, -0.05) is 31.1 Å². The topological polar surface area (TPSA) is 90.9 Å². The molecule has 1 unspecified atom stereocenters. The van der Waals surface area contributed by atoms with Crippen molar-refractivity contribution >= 4 is 39.1 Å². The number of nitrogens with one attached hydrogen (secondary N) is 1. The highest BCUT2D eigenvalue weighted by Crippen LogP contribution is 2.44. The Bertz CT molecular complexity index is 1490. The molecule has 0 amide bonds. The first kappa shape index (κ1) is 28.6. The predicted molar refractivity (Wildman–Crippen MR) is 161 cm³/mol. The molecular formula is C31H37NO6S2. The second-order valence-corrected chi connectivity index (χ2v) is 14.6. The lowest BCUT2D eigenvalue weighted by Crippen LogP contribution is -2.32. The van der Waals surface area contributed by atoms with Crippen molar-refractivity contribution in [3.05, 3.63) is 58.5 Å². The molecule has 1 saturated carbocycles. The molecule has 214 valence electrons. The predicted octanol–water partition coefficient (Wildman–Crippen LogP) is 7.07. The minimum absolute atomic E-state index is 0.0954. The number of hydrogen-bond acceptors (Lipinski definition) is 8. The second-order valence-electron chi connectivity index (χ2n) is 11.3. The maximum Gasteiger partial charge on any atom is 0.320 e. The Morgan fingerprint density at radius 2 is 1.82 bits per heavy atom. The van der Waals surface area contributed by atoms with E-state index in [2.05, 4.69) is 38.2 Å². The van der Waals surface area contributed by atoms with Gasteiger partial charge >= 0.3 is 16.1 Å². The van der Waals surface area contributed by atoms with Crippen molar-refractivity contribution in [1.82, 2.24) is 0 Å². The molecule has 0 aromatic heterocycles. The van der Waals surface area contributed by atoms with Gasteiger partial charge in [-0.15, -0.1) is 11.8 Å². The van der Waals surface area contributed by atoms with Crippen LogP contribution >= 0.6 is 11.8 Å². The molecule has 2 heterocycles. The minimum atomic E-state index is -3.72. The highest BCUT2D eigenvalue weighted by molar-refractivity contribution is 8.04. The number of benzene rings is 2. The Balaban J connectivity index is 1.51. The maximum atomic E-state index is 13.0. The molecule has 9 heteroatoms. The van der Waals surface area contributed by atoms with E-state index in [4.69, 9.17) is 13.7 Å². The first-order chi connectivity index (χ1) is 19.0. The lowest BCUT2D eigenvalue weighted by molar-refractivity contribution is -0.144. The Morgan fingerprint density at radius 3 is 2.50 bits per heavy atom. The fraction of sp³-hybridized carbons (Fsp3) is 0.452. The summed E-state index contributed by atoms with van der Waals surface area (Å²) in [6.07, 6.45) is 7.96. The zero-order valence-electron chi connectivity index (χ0n) is 23.7. The smallest absolute Gasteiger partial charge is 0.320 e. The lowest BCUT2D eigenvalue weighted by Gasteiger charge is -2.33. The summed E-state index contributed by atoms with van der Waals surface area (Å²) >= 11 is 1.54. The van der Waals surface area contributed by atoms with Gasteiger partial charge in [0.05, 0.1) is 17.9 Å². The number of carbonyl (C=O) groups excluding carboxylic acids is 1. The van der Waals surface area contributed by atoms with Gasteiger partial charge in [0.15, 0.2) is 0 Å². The van der Waals surface area contributed by atoms with E-state index < -0.39 is 15.4 Å². The van der Waals surface area contributed by atoms with Gasteiger partial charge in [0, 0.05) is 28.4 Å². The summed E-state index contributed by atoms with van der Waals surface area (Å²) in [6.45, 7) is 8.39. The molecule has 1 N–H and O–H groups in total. The molecule has 2 aromatic carbocycles. The summed E-state index contributed by atoms with van der Waals surface area (Å²) in [5.74, 6) is 0.461. The molecule has 40 heavy (non-hydrogen) atoms. The number of ether oxygens (including phenoxy) is 2. The lowest BCUT2D eigenvalue weighted by atomic mass is 9.85. The van der Waals surface area contributed by atoms with Crippen LogP contribution in [0, 0.1) is 0 Å². The van der Waals surface area contributed by atoms with Crippen molar-refractivity contribution in [2.24, 2.45) is 0 Å². The molecule has 0 bridgehead atoms. The number of hydrogen-bond donors (Lipinski definition) is 1. The highest BCUT2D eigenvalue weighted by atomic mass is 32.2. The molecule has 1 fully saturated rings. The summed E-state index contributed by atoms with van der Waals surface area (Å²) in [5, 5.41) is 2.88. The Morgan fingerprint density at radius 1 is 1.10 bits per heavy atom. The van der Waals surface area contributed by atoms with E-state index >= 15 is 0 Å². The van der Waals surface area contributed by atoms with Gasteiger partial charge in [0.2, 0.25) is 0 Å². The first-order valence-electron chi connectivity index (χ1n) is 13.7. The molecule has 1 atom stereocenters. The SMILES string of the molecule is COc1cc(OS(=O)(=O)C2CCCC2)ccc1-c1ccc2c(c1COC(=O)C1CC=C(C)S1)C(C)=CC(C)(C)N2. The van der Waals surface area contributed by atoms with Gasteiger partial charge in [-0.05, 0) is 81.2 Å². The summed E-state index contributed by atoms with van der Waals surface area (Å²) in [6, 6.07) is 9.11. The van der Waals surface area contributed by atoms with Gasteiger partial charge in [-0.2, -0.15) is 8.42 Å². The average Bonchev–Trinajstić information content (AvgIpc) is 3.59. The van der Waals surface area contributed by atoms with E-state index in [-0.39, 0.29) is 29.1 Å². The minimum Gasteiger partial charge on any atom is -0.496 e. The zero-order chi connectivity index (χ0) is 28.7. The quantitative estimate of drug-likeness (QED) is 0.261. The normalized spacial score (nSPS) is 20.3. The van der Waals surface area contributed by atoms with Gasteiger partial charge < -0.3 is 19.0 Å². The van der Waals surface area contributed by atoms with Crippen molar-refractivity contribution in [1.29, 1.82) is 0 Å². The molecule has 2 aromatic rings. The first-order valence-corrected chi connectivity index (χ1v) is 16.1. The van der Waals surface area contributed by atoms with Crippen LogP contribution in [0.1, 0.15) is 70.9 Å². The summed E-state index contributed by atoms with van der Waals surface area (Å²) in [7, 11) is -2.17. The monoisotopic (exact) mass is 583 g/mol. The van der Waals surface area contributed by atoms with Gasteiger partial charge in [0.1, 0.15) is 23.4 Å². The van der Waals surface area contributed by atoms with E-state index in [1.807, 2.05) is 25.1 Å². The van der Waals surface area contributed by atoms with E-state index in [0.29, 0.717) is 25.0 Å². The van der Waals surface area contributed by atoms with Crippen molar-refractivity contribution in [2.75, 3.05) is 12.4 Å². The summed E-state index contributed by atoms with van der Waals surface area (Å²) in [4.78, 5) is 14.1. The summed E-state index contributed by atoms with van der Waals surface area (Å²) < 4.78 is 42.8. The maximum absolute atomic E-state index is 13.0. The van der Waals surface area contributed by atoms with E-state index in [0.717, 1.165) is 51.3 Å². The third-order valence-corrected chi connectivity index (χ3v) is 10.6. The van der Waals surface area contributed by atoms with E-state index in [1.165, 1.54) is 11.8 Å². The molecule has 0 radical (unpaired) electrons. The number of carbonyl (C=O) groups is 1. The third-order valence-electron chi connectivity index (χ3n) is 7.70. The number of rotatable bonds is 8. The highest BCUT2D eigenvalue weighted by Gasteiger charge is 2.32. The number of anilines is 1. The van der Waals surface area contributed by atoms with Gasteiger partial charge in [-0.25, -0.2) is 0 Å². The van der Waals surface area contributed by atoms with Crippen molar-refractivity contribution in [3.8, 4) is 22.6 Å². The van der Waals surface area contributed by atoms with Crippen LogP contribution in [0.25, 0.3) is 16.7 Å². The van der Waals surface area contributed by atoms with Crippen LogP contribution < -0.4 is 14.2 Å². The Kier molecular flexibility index (Phi) is 7.99. The van der Waals surface area contributed by atoms with E-state index in [1.54, 1.807) is 19.2 Å². The molecular weight excluding hydrogens is 546 g/mol. The molecule has 0 saturated heterocycles. The van der Waals surface area contributed by atoms with Crippen molar-refractivity contribution in [3.63, 3.8) is 0 Å². The standard InChI is InChI=1S/C31H37NO6S2/c1-19-17-31(3,4)32-26-14-13-23(25(29(19)26)18-37-30(33)28-15-10-20(2)39-28)24-12-11-21(16-27(24)36-5)38-40(34,35)22-8-6-7-9-22/h10-14,16-17,22,28,32H,6-9,15,18H2,1-5H3. The van der Waals surface area contributed by atoms with Crippen LogP contribution in [0.3, 0.4) is 0 Å². The van der Waals surface area contributed by atoms with Gasteiger partial charge in [-0.3, -0.25) is 4.79 Å². The van der Waals surface area contributed by atoms with Crippen LogP contribution in [-0.4, -0.2) is 37.5 Å². The largest absolute Gasteiger partial charge is 0.496 e. The van der Waals surface area contributed by atoms with Crippen LogP contribution in [0.2, 0.25) is 0 Å². The zero-order valence-corrected chi connectivity index (χ0v) is 25.3. The fourth-order valence-corrected chi connectivity index (χ4v) is 8.32. The van der Waals surface area contributed by atoms with Crippen LogP contribution in [0.5, 0.6) is 11.5 Å². The van der Waals surface area contributed by atoms with Crippen LogP contribution in [-0.2, 0) is 26.3 Å². The number of allylic oxidation sites excluding steroid dienone is 3. The van der Waals surface area contributed by atoms with E-state index in [9.17, 15) is 13.2 Å². The summed E-state index contributed by atoms with van der Waals surface area (Å²) in [5.41, 5.74) is 5.28. The molecule has 5 rings (SSSR count). The van der Waals surface area contributed by atoms with Crippen LogP contribution in [0.4, 0.5) is 5.69 Å². The molecule has 3 aliphatic rings. The number of esters is 1. The van der Waals surface area contributed by atoms with Crippen molar-refractivity contribution in [2.45, 2.75) is 82.4 Å². The molecule has 1 aliphatic carbocycles. The number of thioether (sulfide) groups is 1. The second kappa shape index (κ2) is 11.2. The Labute approximate surface area is 241 Å². The Hall–Kier alpha value is -2.91. The number of methoxy groups -OCH3 is 1. The van der Waals surface area contributed by atoms with Crippen molar-refractivity contribution < 1.29 is 26.9 Å². The van der Waals surface area contributed by atoms with Crippen LogP contribution in [0.15, 0.2) is 47.4 Å². The molecule has 2 aliphatic heterocycles. The molecule has 0 spiro atoms. The molecule has 7 nitrogen and oxygen atoms in total. The number of fused-ring (bicyclic) bond motifs is 1.